The zero-order valence-corrected chi connectivity index (χ0v) is 13.0. The van der Waals surface area contributed by atoms with E-state index in [1.165, 1.54) is 13.1 Å². The molecule has 1 unspecified atom stereocenters. The first-order chi connectivity index (χ1) is 8.59. The van der Waals surface area contributed by atoms with E-state index in [4.69, 9.17) is 5.73 Å². The predicted octanol–water partition coefficient (Wildman–Crippen LogP) is 1.29. The van der Waals surface area contributed by atoms with Crippen molar-refractivity contribution < 1.29 is 4.79 Å². The summed E-state index contributed by atoms with van der Waals surface area (Å²) in [5.74, 6) is 0. The third-order valence-electron chi connectivity index (χ3n) is 3.30. The Hall–Kier alpha value is -0.810. The van der Waals surface area contributed by atoms with Crippen molar-refractivity contribution >= 4 is 6.03 Å². The minimum absolute atomic E-state index is 0.104. The molecule has 0 aliphatic carbocycles. The van der Waals surface area contributed by atoms with Crippen LogP contribution in [0.4, 0.5) is 4.79 Å². The van der Waals surface area contributed by atoms with Crippen LogP contribution < -0.4 is 16.4 Å². The minimum Gasteiger partial charge on any atom is -0.338 e. The van der Waals surface area contributed by atoms with Gasteiger partial charge in [-0.15, -0.1) is 0 Å². The Morgan fingerprint density at radius 1 is 1.32 bits per heavy atom. The van der Waals surface area contributed by atoms with Crippen LogP contribution >= 0.6 is 0 Å². The molecule has 1 rings (SSSR count). The van der Waals surface area contributed by atoms with Crippen molar-refractivity contribution in [3.8, 4) is 0 Å². The number of amides is 2. The van der Waals surface area contributed by atoms with Crippen LogP contribution in [0.15, 0.2) is 0 Å². The maximum Gasteiger partial charge on any atom is 0.315 e. The molecule has 19 heavy (non-hydrogen) atoms. The summed E-state index contributed by atoms with van der Waals surface area (Å²) < 4.78 is 0. The topological polar surface area (TPSA) is 70.2 Å². The lowest BCUT2D eigenvalue weighted by molar-refractivity contribution is 0.220. The van der Waals surface area contributed by atoms with E-state index in [0.29, 0.717) is 12.6 Å². The first-order valence-electron chi connectivity index (χ1n) is 7.18. The van der Waals surface area contributed by atoms with E-state index >= 15 is 0 Å². The average Bonchev–Trinajstić information content (AvgIpc) is 2.94. The summed E-state index contributed by atoms with van der Waals surface area (Å²) in [5, 5.41) is 5.91. The summed E-state index contributed by atoms with van der Waals surface area (Å²) >= 11 is 0. The van der Waals surface area contributed by atoms with Gasteiger partial charge in [-0.3, -0.25) is 4.90 Å². The maximum atomic E-state index is 11.8. The van der Waals surface area contributed by atoms with Crippen LogP contribution in [0.25, 0.3) is 0 Å². The second kappa shape index (κ2) is 6.09. The molecular weight excluding hydrogens is 240 g/mol. The fourth-order valence-corrected chi connectivity index (χ4v) is 2.61. The van der Waals surface area contributed by atoms with E-state index in [0.717, 1.165) is 12.8 Å². The summed E-state index contributed by atoms with van der Waals surface area (Å²) in [5.41, 5.74) is 5.42. The molecule has 4 N–H and O–H groups in total. The molecule has 1 saturated heterocycles. The van der Waals surface area contributed by atoms with Crippen molar-refractivity contribution in [2.45, 2.75) is 64.6 Å². The van der Waals surface area contributed by atoms with Crippen LogP contribution in [0.2, 0.25) is 0 Å². The maximum absolute atomic E-state index is 11.8. The molecule has 0 radical (unpaired) electrons. The predicted molar refractivity (Wildman–Crippen MR) is 79.1 cm³/mol. The third kappa shape index (κ3) is 7.38. The van der Waals surface area contributed by atoms with Crippen LogP contribution in [-0.2, 0) is 0 Å². The molecule has 1 aliphatic heterocycles. The minimum atomic E-state index is -0.298. The Morgan fingerprint density at radius 3 is 2.37 bits per heavy atom. The highest BCUT2D eigenvalue weighted by atomic mass is 16.2. The molecule has 5 nitrogen and oxygen atoms in total. The molecule has 0 spiro atoms. The van der Waals surface area contributed by atoms with E-state index < -0.39 is 0 Å². The molecule has 0 bridgehead atoms. The number of hydrogen-bond donors (Lipinski definition) is 3. The Morgan fingerprint density at radius 2 is 1.89 bits per heavy atom. The van der Waals surface area contributed by atoms with Gasteiger partial charge in [0, 0.05) is 36.8 Å². The molecule has 1 aliphatic rings. The van der Waals surface area contributed by atoms with Gasteiger partial charge in [0.1, 0.15) is 0 Å². The Balaban J connectivity index is 2.21. The zero-order valence-electron chi connectivity index (χ0n) is 13.0. The monoisotopic (exact) mass is 270 g/mol. The van der Waals surface area contributed by atoms with Gasteiger partial charge in [0.2, 0.25) is 0 Å². The fourth-order valence-electron chi connectivity index (χ4n) is 2.61. The number of carbonyl (C=O) groups excluding carboxylic acids is 1. The zero-order chi connectivity index (χ0) is 14.7. The van der Waals surface area contributed by atoms with Gasteiger partial charge in [-0.2, -0.15) is 0 Å². The highest BCUT2D eigenvalue weighted by Crippen LogP contribution is 2.17. The molecule has 112 valence electrons. The number of nitrogens with zero attached hydrogens (tertiary/aromatic N) is 1. The van der Waals surface area contributed by atoms with Crippen LogP contribution in [-0.4, -0.2) is 47.7 Å². The number of nitrogens with one attached hydrogen (secondary N) is 2. The standard InChI is InChI=1S/C14H30N4O/c1-11(18-8-9-18)6-7-16-12(19)17-14(4,5)10-13(2,3)15/h11H,6-10,15H2,1-5H3,(H2,16,17,19). The summed E-state index contributed by atoms with van der Waals surface area (Å²) in [7, 11) is 0. The van der Waals surface area contributed by atoms with Crippen LogP contribution in [0.3, 0.4) is 0 Å². The van der Waals surface area contributed by atoms with E-state index in [2.05, 4.69) is 22.5 Å². The second-order valence-electron chi connectivity index (χ2n) is 7.10. The average molecular weight is 270 g/mol. The lowest BCUT2D eigenvalue weighted by Gasteiger charge is -2.33. The number of carbonyl (C=O) groups is 1. The van der Waals surface area contributed by atoms with Crippen LogP contribution in [0, 0.1) is 0 Å². The molecular formula is C14H30N4O. The molecule has 2 amide bonds. The van der Waals surface area contributed by atoms with Crippen molar-refractivity contribution in [2.24, 2.45) is 5.73 Å². The van der Waals surface area contributed by atoms with Gasteiger partial charge >= 0.3 is 6.03 Å². The molecule has 0 saturated carbocycles. The smallest absolute Gasteiger partial charge is 0.315 e. The second-order valence-corrected chi connectivity index (χ2v) is 7.10. The molecule has 5 heteroatoms. The van der Waals surface area contributed by atoms with Crippen molar-refractivity contribution in [1.29, 1.82) is 0 Å². The Labute approximate surface area is 117 Å². The molecule has 1 fully saturated rings. The number of nitrogens with two attached hydrogens (primary N) is 1. The molecule has 0 aromatic rings. The van der Waals surface area contributed by atoms with Crippen molar-refractivity contribution in [3.05, 3.63) is 0 Å². The van der Waals surface area contributed by atoms with Gasteiger partial charge in [0.25, 0.3) is 0 Å². The van der Waals surface area contributed by atoms with Crippen molar-refractivity contribution in [3.63, 3.8) is 0 Å². The third-order valence-corrected chi connectivity index (χ3v) is 3.30. The normalized spacial score (nSPS) is 18.0. The molecule has 0 aromatic carbocycles. The summed E-state index contributed by atoms with van der Waals surface area (Å²) in [6.45, 7) is 13.3. The van der Waals surface area contributed by atoms with Gasteiger partial charge in [0.05, 0.1) is 0 Å². The molecule has 1 atom stereocenters. The van der Waals surface area contributed by atoms with Gasteiger partial charge < -0.3 is 16.4 Å². The number of hydrogen-bond acceptors (Lipinski definition) is 3. The Kier molecular flexibility index (Phi) is 5.21. The van der Waals surface area contributed by atoms with E-state index in [-0.39, 0.29) is 17.1 Å². The fraction of sp³-hybridized carbons (Fsp3) is 0.929. The summed E-state index contributed by atoms with van der Waals surface area (Å²) in [4.78, 5) is 14.2. The summed E-state index contributed by atoms with van der Waals surface area (Å²) in [6.07, 6.45) is 1.73. The van der Waals surface area contributed by atoms with E-state index in [1.54, 1.807) is 0 Å². The summed E-state index contributed by atoms with van der Waals surface area (Å²) in [6, 6.07) is 0.462. The van der Waals surface area contributed by atoms with Crippen molar-refractivity contribution in [2.75, 3.05) is 19.6 Å². The lowest BCUT2D eigenvalue weighted by Crippen LogP contribution is -2.53. The SMILES string of the molecule is CC(CCNC(=O)NC(C)(C)CC(C)(C)N)N1CC1. The molecule has 1 heterocycles. The van der Waals surface area contributed by atoms with Crippen molar-refractivity contribution in [1.82, 2.24) is 15.5 Å². The quantitative estimate of drug-likeness (QED) is 0.610. The van der Waals surface area contributed by atoms with Gasteiger partial charge in [-0.05, 0) is 47.5 Å². The number of rotatable bonds is 7. The van der Waals surface area contributed by atoms with Gasteiger partial charge in [-0.1, -0.05) is 0 Å². The van der Waals surface area contributed by atoms with Crippen LogP contribution in [0.5, 0.6) is 0 Å². The highest BCUT2D eigenvalue weighted by molar-refractivity contribution is 5.74. The van der Waals surface area contributed by atoms with E-state index in [9.17, 15) is 4.79 Å². The van der Waals surface area contributed by atoms with E-state index in [1.807, 2.05) is 27.7 Å². The first-order valence-corrected chi connectivity index (χ1v) is 7.18. The van der Waals surface area contributed by atoms with Gasteiger partial charge in [0.15, 0.2) is 0 Å². The Bertz CT molecular complexity index is 305. The first kappa shape index (κ1) is 16.2. The number of urea groups is 1. The highest BCUT2D eigenvalue weighted by Gasteiger charge is 2.27. The van der Waals surface area contributed by atoms with Crippen LogP contribution in [0.1, 0.15) is 47.5 Å². The molecule has 0 aromatic heterocycles. The largest absolute Gasteiger partial charge is 0.338 e. The lowest BCUT2D eigenvalue weighted by atomic mass is 9.88. The van der Waals surface area contributed by atoms with Gasteiger partial charge in [-0.25, -0.2) is 4.79 Å².